The summed E-state index contributed by atoms with van der Waals surface area (Å²) in [5, 5.41) is 2.71. The molecule has 0 fully saturated rings. The number of ether oxygens (including phenoxy) is 1. The van der Waals surface area contributed by atoms with Gasteiger partial charge in [-0.1, -0.05) is 48.5 Å². The Hall–Kier alpha value is -3.47. The lowest BCUT2D eigenvalue weighted by molar-refractivity contribution is 0.0998. The Kier molecular flexibility index (Phi) is 3.97. The third-order valence-electron chi connectivity index (χ3n) is 4.34. The molecule has 0 radical (unpaired) electrons. The van der Waals surface area contributed by atoms with Gasteiger partial charge in [-0.2, -0.15) is 0 Å². The lowest BCUT2D eigenvalue weighted by Crippen LogP contribution is -2.16. The van der Waals surface area contributed by atoms with Crippen LogP contribution in [0.5, 0.6) is 5.75 Å². The van der Waals surface area contributed by atoms with Gasteiger partial charge in [0, 0.05) is 11.1 Å². The summed E-state index contributed by atoms with van der Waals surface area (Å²) in [6.07, 6.45) is 0. The molecule has 4 rings (SSSR count). The number of hydrogen-bond donors (Lipinski definition) is 1. The molecule has 26 heavy (non-hydrogen) atoms. The van der Waals surface area contributed by atoms with Crippen molar-refractivity contribution in [3.63, 3.8) is 0 Å². The normalized spacial score (nSPS) is 11.7. The summed E-state index contributed by atoms with van der Waals surface area (Å²) in [6, 6.07) is 19.0. The van der Waals surface area contributed by atoms with Crippen molar-refractivity contribution in [3.8, 4) is 16.9 Å². The van der Waals surface area contributed by atoms with E-state index >= 15 is 0 Å². The highest BCUT2D eigenvalue weighted by Crippen LogP contribution is 2.38. The molecule has 128 valence electrons. The highest BCUT2D eigenvalue weighted by molar-refractivity contribution is 6.26. The monoisotopic (exact) mass is 347 g/mol. The van der Waals surface area contributed by atoms with Crippen LogP contribution in [-0.2, 0) is 0 Å². The number of alkyl halides is 1. The zero-order chi connectivity index (χ0) is 18.1. The Morgan fingerprint density at radius 2 is 1.58 bits per heavy atom. The van der Waals surface area contributed by atoms with Gasteiger partial charge in [0.25, 0.3) is 5.91 Å². The van der Waals surface area contributed by atoms with Crippen LogP contribution in [0, 0.1) is 0 Å². The van der Waals surface area contributed by atoms with Crippen LogP contribution in [0.15, 0.2) is 66.7 Å². The van der Waals surface area contributed by atoms with E-state index in [0.717, 1.165) is 11.1 Å². The van der Waals surface area contributed by atoms with Gasteiger partial charge in [-0.05, 0) is 29.3 Å². The Morgan fingerprint density at radius 3 is 2.38 bits per heavy atom. The van der Waals surface area contributed by atoms with Crippen LogP contribution in [0.2, 0.25) is 0 Å². The molecular formula is C21H14FNO3. The SMILES string of the molecule is O=C(Nc1ccccc1OCF)c1cccc2c1C(=O)c1ccccc1-2. The molecule has 1 amide bonds. The minimum Gasteiger partial charge on any atom is -0.461 e. The number of ketones is 1. The standard InChI is InChI=1S/C21H14FNO3/c22-12-26-18-11-4-3-10-17(18)23-21(25)16-9-5-8-14-13-6-1-2-7-15(13)20(24)19(14)16/h1-11H,12H2,(H,23,25). The lowest BCUT2D eigenvalue weighted by atomic mass is 10.00. The van der Waals surface area contributed by atoms with Crippen molar-refractivity contribution in [2.75, 3.05) is 12.2 Å². The molecule has 0 aromatic heterocycles. The molecule has 0 saturated heterocycles. The number of fused-ring (bicyclic) bond motifs is 3. The van der Waals surface area contributed by atoms with E-state index in [1.54, 1.807) is 48.5 Å². The van der Waals surface area contributed by atoms with Crippen LogP contribution in [0.3, 0.4) is 0 Å². The largest absolute Gasteiger partial charge is 0.461 e. The van der Waals surface area contributed by atoms with E-state index in [4.69, 9.17) is 4.74 Å². The molecule has 4 nitrogen and oxygen atoms in total. The van der Waals surface area contributed by atoms with Crippen LogP contribution < -0.4 is 10.1 Å². The van der Waals surface area contributed by atoms with Gasteiger partial charge < -0.3 is 10.1 Å². The van der Waals surface area contributed by atoms with Crippen molar-refractivity contribution < 1.29 is 18.7 Å². The number of halogens is 1. The quantitative estimate of drug-likeness (QED) is 0.593. The van der Waals surface area contributed by atoms with Crippen LogP contribution in [0.1, 0.15) is 26.3 Å². The molecule has 0 unspecified atom stereocenters. The maximum absolute atomic E-state index is 12.8. The third-order valence-corrected chi connectivity index (χ3v) is 4.34. The number of nitrogens with one attached hydrogen (secondary N) is 1. The summed E-state index contributed by atoms with van der Waals surface area (Å²) in [4.78, 5) is 25.6. The molecule has 1 aliphatic rings. The Balaban J connectivity index is 1.73. The minimum atomic E-state index is -0.999. The molecule has 0 saturated carbocycles. The fourth-order valence-electron chi connectivity index (χ4n) is 3.21. The van der Waals surface area contributed by atoms with Gasteiger partial charge in [0.2, 0.25) is 6.86 Å². The second-order valence-electron chi connectivity index (χ2n) is 5.81. The van der Waals surface area contributed by atoms with Gasteiger partial charge in [-0.25, -0.2) is 4.39 Å². The van der Waals surface area contributed by atoms with Crippen molar-refractivity contribution >= 4 is 17.4 Å². The fraction of sp³-hybridized carbons (Fsp3) is 0.0476. The summed E-state index contributed by atoms with van der Waals surface area (Å²) in [5.74, 6) is -0.391. The zero-order valence-corrected chi connectivity index (χ0v) is 13.7. The zero-order valence-electron chi connectivity index (χ0n) is 13.7. The summed E-state index contributed by atoms with van der Waals surface area (Å²) in [7, 11) is 0. The highest BCUT2D eigenvalue weighted by atomic mass is 19.1. The maximum atomic E-state index is 12.8. The Morgan fingerprint density at radius 1 is 0.885 bits per heavy atom. The topological polar surface area (TPSA) is 55.4 Å². The molecule has 0 spiro atoms. The Labute approximate surface area is 149 Å². The smallest absolute Gasteiger partial charge is 0.256 e. The predicted octanol–water partition coefficient (Wildman–Crippen LogP) is 4.46. The Bertz CT molecular complexity index is 1030. The van der Waals surface area contributed by atoms with Gasteiger partial charge >= 0.3 is 0 Å². The first-order chi connectivity index (χ1) is 12.7. The number of carbonyl (C=O) groups excluding carboxylic acids is 2. The number of rotatable bonds is 4. The lowest BCUT2D eigenvalue weighted by Gasteiger charge is -2.12. The number of anilines is 1. The molecule has 0 heterocycles. The van der Waals surface area contributed by atoms with Gasteiger partial charge in [-0.15, -0.1) is 0 Å². The van der Waals surface area contributed by atoms with Crippen molar-refractivity contribution in [2.24, 2.45) is 0 Å². The van der Waals surface area contributed by atoms with Crippen LogP contribution in [0.25, 0.3) is 11.1 Å². The van der Waals surface area contributed by atoms with Crippen molar-refractivity contribution in [2.45, 2.75) is 0 Å². The molecule has 0 atom stereocenters. The summed E-state index contributed by atoms with van der Waals surface area (Å²) < 4.78 is 17.4. The molecule has 5 heteroatoms. The van der Waals surface area contributed by atoms with Gasteiger partial charge in [0.15, 0.2) is 5.78 Å². The number of hydrogen-bond acceptors (Lipinski definition) is 3. The van der Waals surface area contributed by atoms with Crippen molar-refractivity contribution in [1.82, 2.24) is 0 Å². The van der Waals surface area contributed by atoms with Crippen molar-refractivity contribution in [3.05, 3.63) is 83.4 Å². The van der Waals surface area contributed by atoms with E-state index in [0.29, 0.717) is 16.8 Å². The van der Waals surface area contributed by atoms with Gasteiger partial charge in [-0.3, -0.25) is 9.59 Å². The van der Waals surface area contributed by atoms with E-state index in [9.17, 15) is 14.0 Å². The van der Waals surface area contributed by atoms with Crippen LogP contribution in [-0.4, -0.2) is 18.6 Å². The summed E-state index contributed by atoms with van der Waals surface area (Å²) >= 11 is 0. The van der Waals surface area contributed by atoms with E-state index in [-0.39, 0.29) is 17.1 Å². The number of amides is 1. The van der Waals surface area contributed by atoms with E-state index in [1.165, 1.54) is 0 Å². The number of carbonyl (C=O) groups is 2. The summed E-state index contributed by atoms with van der Waals surface area (Å²) in [6.45, 7) is -0.999. The molecule has 1 N–H and O–H groups in total. The average molecular weight is 347 g/mol. The van der Waals surface area contributed by atoms with Crippen molar-refractivity contribution in [1.29, 1.82) is 0 Å². The fourth-order valence-corrected chi connectivity index (χ4v) is 3.21. The molecular weight excluding hydrogens is 333 g/mol. The predicted molar refractivity (Wildman–Crippen MR) is 96.3 cm³/mol. The minimum absolute atomic E-state index is 0.172. The van der Waals surface area contributed by atoms with E-state index in [2.05, 4.69) is 5.32 Å². The van der Waals surface area contributed by atoms with Gasteiger partial charge in [0.1, 0.15) is 5.75 Å². The molecule has 3 aromatic rings. The van der Waals surface area contributed by atoms with E-state index in [1.807, 2.05) is 18.2 Å². The second-order valence-corrected chi connectivity index (χ2v) is 5.81. The maximum Gasteiger partial charge on any atom is 0.256 e. The molecule has 0 bridgehead atoms. The first-order valence-corrected chi connectivity index (χ1v) is 8.07. The van der Waals surface area contributed by atoms with E-state index < -0.39 is 12.8 Å². The average Bonchev–Trinajstić information content (AvgIpc) is 2.97. The number of benzene rings is 3. The highest BCUT2D eigenvalue weighted by Gasteiger charge is 2.30. The van der Waals surface area contributed by atoms with Gasteiger partial charge in [0.05, 0.1) is 11.3 Å². The molecule has 1 aliphatic carbocycles. The van der Waals surface area contributed by atoms with Crippen LogP contribution in [0.4, 0.5) is 10.1 Å². The summed E-state index contributed by atoms with van der Waals surface area (Å²) in [5.41, 5.74) is 3.16. The first kappa shape index (κ1) is 16.0. The number of para-hydroxylation sites is 2. The third kappa shape index (κ3) is 2.54. The second kappa shape index (κ2) is 6.44. The molecule has 3 aromatic carbocycles. The first-order valence-electron chi connectivity index (χ1n) is 8.07. The molecule has 0 aliphatic heterocycles. The van der Waals surface area contributed by atoms with Crippen LogP contribution >= 0.6 is 0 Å².